The zero-order valence-corrected chi connectivity index (χ0v) is 9.89. The van der Waals surface area contributed by atoms with Crippen molar-refractivity contribution in [2.24, 2.45) is 0 Å². The number of hydrogen-bond donors (Lipinski definition) is 1. The molecule has 2 aliphatic rings. The molecule has 1 aromatic heterocycles. The molecule has 2 nitrogen and oxygen atoms in total. The Morgan fingerprint density at radius 2 is 2.20 bits per heavy atom. The molecule has 2 aliphatic heterocycles. The van der Waals surface area contributed by atoms with Gasteiger partial charge in [0.25, 0.3) is 0 Å². The summed E-state index contributed by atoms with van der Waals surface area (Å²) in [4.78, 5) is 4.14. The van der Waals surface area contributed by atoms with Gasteiger partial charge in [-0.3, -0.25) is 0 Å². The highest BCUT2D eigenvalue weighted by Gasteiger charge is 2.39. The van der Waals surface area contributed by atoms with E-state index in [1.807, 2.05) is 12.3 Å². The molecule has 0 unspecified atom stereocenters. The van der Waals surface area contributed by atoms with Crippen molar-refractivity contribution < 1.29 is 0 Å². The van der Waals surface area contributed by atoms with E-state index in [1.165, 1.54) is 24.8 Å². The lowest BCUT2D eigenvalue weighted by Crippen LogP contribution is -2.21. The van der Waals surface area contributed by atoms with Gasteiger partial charge < -0.3 is 5.32 Å². The maximum Gasteiger partial charge on any atom is 0.129 e. The van der Waals surface area contributed by atoms with Crippen LogP contribution in [0.15, 0.2) is 18.3 Å². The number of nitrogens with one attached hydrogen (secondary N) is 1. The van der Waals surface area contributed by atoms with Gasteiger partial charge in [0.05, 0.1) is 0 Å². The third kappa shape index (κ3) is 1.99. The van der Waals surface area contributed by atoms with Crippen molar-refractivity contribution in [3.8, 4) is 0 Å². The Morgan fingerprint density at radius 3 is 2.73 bits per heavy atom. The fourth-order valence-corrected chi connectivity index (χ4v) is 2.91. The molecule has 0 aromatic carbocycles. The monoisotopic (exact) mass is 244 g/mol. The number of fused-ring (bicyclic) bond motifs is 2. The lowest BCUT2D eigenvalue weighted by molar-refractivity contribution is 0.505. The highest BCUT2D eigenvalue weighted by molar-refractivity contribution is 6.29. The average Bonchev–Trinajstić information content (AvgIpc) is 2.80. The summed E-state index contributed by atoms with van der Waals surface area (Å²) < 4.78 is 0. The van der Waals surface area contributed by atoms with Crippen LogP contribution in [0.3, 0.4) is 0 Å². The third-order valence-corrected chi connectivity index (χ3v) is 3.70. The minimum Gasteiger partial charge on any atom is -0.311 e. The van der Waals surface area contributed by atoms with Crippen LogP contribution in [-0.2, 0) is 0 Å². The van der Waals surface area contributed by atoms with Crippen LogP contribution in [0.5, 0.6) is 0 Å². The maximum atomic E-state index is 5.77. The molecule has 3 rings (SSSR count). The lowest BCUT2D eigenvalue weighted by atomic mass is 9.85. The molecule has 4 heteroatoms. The van der Waals surface area contributed by atoms with Gasteiger partial charge in [-0.2, -0.15) is 0 Å². The highest BCUT2D eigenvalue weighted by atomic mass is 35.5. The Morgan fingerprint density at radius 1 is 1.33 bits per heavy atom. The summed E-state index contributed by atoms with van der Waals surface area (Å²) in [6.45, 7) is 0. The summed E-state index contributed by atoms with van der Waals surface area (Å²) in [5, 5.41) is 4.22. The minimum absolute atomic E-state index is 0. The smallest absolute Gasteiger partial charge is 0.129 e. The average molecular weight is 245 g/mol. The molecule has 0 saturated carbocycles. The molecule has 1 N–H and O–H groups in total. The van der Waals surface area contributed by atoms with Crippen molar-refractivity contribution >= 4 is 24.0 Å². The number of nitrogens with zero attached hydrogens (tertiary/aromatic N) is 1. The van der Waals surface area contributed by atoms with Gasteiger partial charge in [-0.15, -0.1) is 12.4 Å². The van der Waals surface area contributed by atoms with Gasteiger partial charge in [0.15, 0.2) is 0 Å². The highest BCUT2D eigenvalue weighted by Crippen LogP contribution is 2.39. The largest absolute Gasteiger partial charge is 0.311 e. The third-order valence-electron chi connectivity index (χ3n) is 3.48. The molecule has 2 saturated heterocycles. The Bertz CT molecular complexity index is 339. The topological polar surface area (TPSA) is 24.9 Å². The van der Waals surface area contributed by atoms with Gasteiger partial charge in [-0.1, -0.05) is 17.7 Å². The molecule has 3 atom stereocenters. The van der Waals surface area contributed by atoms with Crippen molar-refractivity contribution in [2.45, 2.75) is 37.3 Å². The predicted molar refractivity (Wildman–Crippen MR) is 63.8 cm³/mol. The number of rotatable bonds is 1. The van der Waals surface area contributed by atoms with Gasteiger partial charge in [-0.25, -0.2) is 4.98 Å². The second-order valence-electron chi connectivity index (χ2n) is 4.30. The van der Waals surface area contributed by atoms with Crippen LogP contribution in [0.25, 0.3) is 0 Å². The number of aromatic nitrogens is 1. The molecule has 0 amide bonds. The Labute approximate surface area is 101 Å². The maximum absolute atomic E-state index is 5.77. The van der Waals surface area contributed by atoms with E-state index in [1.54, 1.807) is 0 Å². The summed E-state index contributed by atoms with van der Waals surface area (Å²) >= 11 is 5.77. The van der Waals surface area contributed by atoms with Crippen LogP contribution in [0.1, 0.15) is 30.7 Å². The van der Waals surface area contributed by atoms with Crippen LogP contribution in [0.2, 0.25) is 5.15 Å². The van der Waals surface area contributed by atoms with E-state index in [2.05, 4.69) is 16.4 Å². The molecule has 3 heterocycles. The van der Waals surface area contributed by atoms with Crippen LogP contribution in [0, 0.1) is 0 Å². The van der Waals surface area contributed by atoms with Gasteiger partial charge in [0.1, 0.15) is 5.15 Å². The summed E-state index contributed by atoms with van der Waals surface area (Å²) in [6, 6.07) is 5.44. The van der Waals surface area contributed by atoms with E-state index in [9.17, 15) is 0 Å². The second-order valence-corrected chi connectivity index (χ2v) is 4.69. The number of hydrogen-bond acceptors (Lipinski definition) is 2. The SMILES string of the molecule is Cl.Clc1ccc([C@@H]2C[C@H]3CC[C@@H]2N3)cn1. The Hall–Kier alpha value is -0.310. The van der Waals surface area contributed by atoms with Crippen LogP contribution < -0.4 is 5.32 Å². The summed E-state index contributed by atoms with van der Waals surface area (Å²) in [5.41, 5.74) is 1.34. The van der Waals surface area contributed by atoms with E-state index in [-0.39, 0.29) is 12.4 Å². The lowest BCUT2D eigenvalue weighted by Gasteiger charge is -2.19. The molecule has 82 valence electrons. The van der Waals surface area contributed by atoms with Crippen molar-refractivity contribution in [1.29, 1.82) is 0 Å². The van der Waals surface area contributed by atoms with E-state index >= 15 is 0 Å². The molecule has 0 aliphatic carbocycles. The fraction of sp³-hybridized carbons (Fsp3) is 0.545. The van der Waals surface area contributed by atoms with Crippen molar-refractivity contribution in [3.05, 3.63) is 29.0 Å². The first-order valence-electron chi connectivity index (χ1n) is 5.20. The van der Waals surface area contributed by atoms with Crippen molar-refractivity contribution in [2.75, 3.05) is 0 Å². The normalized spacial score (nSPS) is 32.7. The molecule has 2 fully saturated rings. The molecule has 0 radical (unpaired) electrons. The van der Waals surface area contributed by atoms with Gasteiger partial charge in [-0.05, 0) is 30.9 Å². The molecule has 15 heavy (non-hydrogen) atoms. The number of pyridine rings is 1. The quantitative estimate of drug-likeness (QED) is 0.769. The standard InChI is InChI=1S/C11H13ClN2.ClH/c12-11-4-1-7(6-13-11)9-5-8-2-3-10(9)14-8;/h1,4,6,8-10,14H,2-3,5H2;1H/t8-,9+,10+;/m1./s1. The summed E-state index contributed by atoms with van der Waals surface area (Å²) in [7, 11) is 0. The minimum atomic E-state index is 0. The van der Waals surface area contributed by atoms with Crippen molar-refractivity contribution in [1.82, 2.24) is 10.3 Å². The van der Waals surface area contributed by atoms with Gasteiger partial charge >= 0.3 is 0 Å². The molecular weight excluding hydrogens is 231 g/mol. The first kappa shape index (κ1) is 11.2. The van der Waals surface area contributed by atoms with Crippen LogP contribution >= 0.6 is 24.0 Å². The van der Waals surface area contributed by atoms with E-state index in [4.69, 9.17) is 11.6 Å². The van der Waals surface area contributed by atoms with E-state index in [0.717, 1.165) is 6.04 Å². The molecule has 2 bridgehead atoms. The number of halogens is 2. The van der Waals surface area contributed by atoms with Crippen LogP contribution in [0.4, 0.5) is 0 Å². The van der Waals surface area contributed by atoms with E-state index in [0.29, 0.717) is 17.1 Å². The second kappa shape index (κ2) is 4.28. The zero-order chi connectivity index (χ0) is 9.54. The zero-order valence-electron chi connectivity index (χ0n) is 8.32. The van der Waals surface area contributed by atoms with Gasteiger partial charge in [0.2, 0.25) is 0 Å². The van der Waals surface area contributed by atoms with Crippen molar-refractivity contribution in [3.63, 3.8) is 0 Å². The predicted octanol–water partition coefficient (Wildman–Crippen LogP) is 2.76. The molecule has 1 aromatic rings. The summed E-state index contributed by atoms with van der Waals surface area (Å²) in [5.74, 6) is 0.665. The summed E-state index contributed by atoms with van der Waals surface area (Å²) in [6.07, 6.45) is 5.86. The Balaban J connectivity index is 0.000000853. The van der Waals surface area contributed by atoms with Gasteiger partial charge in [0, 0.05) is 24.2 Å². The van der Waals surface area contributed by atoms with E-state index < -0.39 is 0 Å². The first-order valence-corrected chi connectivity index (χ1v) is 5.58. The van der Waals surface area contributed by atoms with Crippen LogP contribution in [-0.4, -0.2) is 17.1 Å². The fourth-order valence-electron chi connectivity index (χ4n) is 2.80. The Kier molecular flexibility index (Phi) is 3.19. The molecule has 0 spiro atoms. The first-order chi connectivity index (χ1) is 6.83. The molecular formula is C11H14Cl2N2.